The summed E-state index contributed by atoms with van der Waals surface area (Å²) >= 11 is 0. The minimum absolute atomic E-state index is 0.624. The Morgan fingerprint density at radius 3 is 2.52 bits per heavy atom. The third-order valence-electron chi connectivity index (χ3n) is 4.61. The van der Waals surface area contributed by atoms with Crippen molar-refractivity contribution in [3.63, 3.8) is 0 Å². The standard InChI is InChI=1S/C20H24S/c1-17-11-9-10-16-20(17)21(2,18-12-5-3-6-13-18)19-14-7-4-8-15-19/h3,5-7,9-15,20H,4,8,16H2,1-2H3. The first-order valence-electron chi connectivity index (χ1n) is 7.75. The highest BCUT2D eigenvalue weighted by atomic mass is 32.3. The molecule has 0 heterocycles. The quantitative estimate of drug-likeness (QED) is 0.643. The normalized spacial score (nSPS) is 25.7. The van der Waals surface area contributed by atoms with Crippen LogP contribution in [0.2, 0.25) is 0 Å². The van der Waals surface area contributed by atoms with Crippen molar-refractivity contribution in [2.45, 2.75) is 36.3 Å². The predicted octanol–water partition coefficient (Wildman–Crippen LogP) is 5.99. The molecule has 0 aliphatic heterocycles. The minimum Gasteiger partial charge on any atom is -0.184 e. The molecule has 0 saturated carbocycles. The Kier molecular flexibility index (Phi) is 4.21. The second kappa shape index (κ2) is 6.11. The zero-order valence-electron chi connectivity index (χ0n) is 13.0. The lowest BCUT2D eigenvalue weighted by atomic mass is 10.1. The van der Waals surface area contributed by atoms with Crippen molar-refractivity contribution >= 4 is 10.0 Å². The maximum Gasteiger partial charge on any atom is 0.0208 e. The molecule has 2 atom stereocenters. The molecule has 0 fully saturated rings. The van der Waals surface area contributed by atoms with E-state index in [0.717, 1.165) is 6.42 Å². The predicted molar refractivity (Wildman–Crippen MR) is 96.0 cm³/mol. The molecular weight excluding hydrogens is 272 g/mol. The number of allylic oxidation sites excluding steroid dienone is 6. The van der Waals surface area contributed by atoms with Crippen molar-refractivity contribution in [2.75, 3.05) is 6.26 Å². The molecule has 1 aromatic rings. The third kappa shape index (κ3) is 2.67. The van der Waals surface area contributed by atoms with Gasteiger partial charge in [0, 0.05) is 5.25 Å². The van der Waals surface area contributed by atoms with E-state index in [4.69, 9.17) is 0 Å². The van der Waals surface area contributed by atoms with Crippen molar-refractivity contribution in [1.29, 1.82) is 0 Å². The molecule has 1 heteroatoms. The molecular formula is C20H24S. The van der Waals surface area contributed by atoms with Gasteiger partial charge in [0.2, 0.25) is 0 Å². The average molecular weight is 296 g/mol. The van der Waals surface area contributed by atoms with Gasteiger partial charge in [-0.2, -0.15) is 10.0 Å². The van der Waals surface area contributed by atoms with E-state index in [0.29, 0.717) is 5.25 Å². The van der Waals surface area contributed by atoms with Crippen molar-refractivity contribution < 1.29 is 0 Å². The molecule has 0 nitrogen and oxygen atoms in total. The van der Waals surface area contributed by atoms with Crippen molar-refractivity contribution in [3.05, 3.63) is 77.3 Å². The second-order valence-corrected chi connectivity index (χ2v) is 9.42. The van der Waals surface area contributed by atoms with E-state index >= 15 is 0 Å². The molecule has 2 aliphatic rings. The van der Waals surface area contributed by atoms with Crippen LogP contribution in [0.5, 0.6) is 0 Å². The summed E-state index contributed by atoms with van der Waals surface area (Å²) in [5, 5.41) is 0.624. The van der Waals surface area contributed by atoms with Gasteiger partial charge in [-0.3, -0.25) is 0 Å². The zero-order chi connectivity index (χ0) is 14.7. The van der Waals surface area contributed by atoms with Crippen LogP contribution in [0.25, 0.3) is 0 Å². The fraction of sp³-hybridized carbons (Fsp3) is 0.300. The van der Waals surface area contributed by atoms with Crippen LogP contribution < -0.4 is 0 Å². The summed E-state index contributed by atoms with van der Waals surface area (Å²) in [6.45, 7) is 2.30. The molecule has 0 aromatic heterocycles. The number of hydrogen-bond acceptors (Lipinski definition) is 0. The summed E-state index contributed by atoms with van der Waals surface area (Å²) in [7, 11) is -1.02. The Morgan fingerprint density at radius 2 is 1.86 bits per heavy atom. The number of rotatable bonds is 3. The number of benzene rings is 1. The minimum atomic E-state index is -1.02. The van der Waals surface area contributed by atoms with Gasteiger partial charge in [-0.05, 0) is 54.4 Å². The lowest BCUT2D eigenvalue weighted by Crippen LogP contribution is -2.22. The SMILES string of the molecule is CC1=CC=CCC1S(C)(C1=CCCC=C1)c1ccccc1. The summed E-state index contributed by atoms with van der Waals surface area (Å²) in [6, 6.07) is 11.1. The van der Waals surface area contributed by atoms with Gasteiger partial charge in [-0.25, -0.2) is 0 Å². The van der Waals surface area contributed by atoms with E-state index in [-0.39, 0.29) is 0 Å². The molecule has 3 rings (SSSR count). The fourth-order valence-electron chi connectivity index (χ4n) is 3.35. The molecule has 0 N–H and O–H groups in total. The van der Waals surface area contributed by atoms with Gasteiger partial charge >= 0.3 is 0 Å². The summed E-state index contributed by atoms with van der Waals surface area (Å²) in [5.41, 5.74) is 1.53. The Bertz CT molecular complexity index is 618. The van der Waals surface area contributed by atoms with E-state index in [1.54, 1.807) is 4.91 Å². The van der Waals surface area contributed by atoms with Gasteiger partial charge in [-0.1, -0.05) is 60.2 Å². The highest BCUT2D eigenvalue weighted by Crippen LogP contribution is 2.66. The lowest BCUT2D eigenvalue weighted by Gasteiger charge is -2.46. The first-order chi connectivity index (χ1) is 10.2. The Hall–Kier alpha value is -1.47. The Labute approximate surface area is 130 Å². The zero-order valence-corrected chi connectivity index (χ0v) is 13.8. The van der Waals surface area contributed by atoms with Crippen LogP contribution in [0, 0.1) is 0 Å². The van der Waals surface area contributed by atoms with Gasteiger partial charge in [-0.15, -0.1) is 0 Å². The van der Waals surface area contributed by atoms with Crippen LogP contribution in [0.15, 0.2) is 82.2 Å². The van der Waals surface area contributed by atoms with E-state index < -0.39 is 10.0 Å². The summed E-state index contributed by atoms with van der Waals surface area (Å²) in [4.78, 5) is 3.07. The van der Waals surface area contributed by atoms with Gasteiger partial charge in [0.25, 0.3) is 0 Å². The van der Waals surface area contributed by atoms with E-state index in [1.807, 2.05) is 0 Å². The molecule has 0 radical (unpaired) electrons. The smallest absolute Gasteiger partial charge is 0.0208 e. The molecule has 0 saturated heterocycles. The van der Waals surface area contributed by atoms with Crippen LogP contribution in [0.3, 0.4) is 0 Å². The maximum atomic E-state index is 2.50. The molecule has 1 aromatic carbocycles. The highest BCUT2D eigenvalue weighted by molar-refractivity contribution is 8.37. The fourth-order valence-corrected chi connectivity index (χ4v) is 7.16. The molecule has 110 valence electrons. The highest BCUT2D eigenvalue weighted by Gasteiger charge is 2.34. The molecule has 0 bridgehead atoms. The van der Waals surface area contributed by atoms with E-state index in [9.17, 15) is 0 Å². The number of hydrogen-bond donors (Lipinski definition) is 0. The summed E-state index contributed by atoms with van der Waals surface area (Å²) < 4.78 is 0. The molecule has 0 amide bonds. The second-order valence-electron chi connectivity index (χ2n) is 5.94. The van der Waals surface area contributed by atoms with Gasteiger partial charge < -0.3 is 0 Å². The molecule has 2 aliphatic carbocycles. The topological polar surface area (TPSA) is 0 Å². The average Bonchev–Trinajstić information content (AvgIpc) is 2.56. The van der Waals surface area contributed by atoms with Gasteiger partial charge in [0.05, 0.1) is 0 Å². The van der Waals surface area contributed by atoms with Crippen LogP contribution in [0.1, 0.15) is 26.2 Å². The van der Waals surface area contributed by atoms with Crippen molar-refractivity contribution in [2.24, 2.45) is 0 Å². The van der Waals surface area contributed by atoms with E-state index in [2.05, 4.69) is 80.0 Å². The molecule has 2 unspecified atom stereocenters. The largest absolute Gasteiger partial charge is 0.184 e. The third-order valence-corrected chi connectivity index (χ3v) is 8.84. The van der Waals surface area contributed by atoms with Crippen LogP contribution in [-0.2, 0) is 0 Å². The van der Waals surface area contributed by atoms with Crippen molar-refractivity contribution in [1.82, 2.24) is 0 Å². The monoisotopic (exact) mass is 296 g/mol. The Morgan fingerprint density at radius 1 is 1.05 bits per heavy atom. The first kappa shape index (κ1) is 14.5. The Balaban J connectivity index is 2.11. The van der Waals surface area contributed by atoms with Gasteiger partial charge in [0.1, 0.15) is 0 Å². The lowest BCUT2D eigenvalue weighted by molar-refractivity contribution is 0.962. The summed E-state index contributed by atoms with van der Waals surface area (Å²) in [6.07, 6.45) is 20.1. The summed E-state index contributed by atoms with van der Waals surface area (Å²) in [5.74, 6) is 0. The van der Waals surface area contributed by atoms with Crippen LogP contribution in [0.4, 0.5) is 0 Å². The van der Waals surface area contributed by atoms with Crippen molar-refractivity contribution in [3.8, 4) is 0 Å². The molecule has 21 heavy (non-hydrogen) atoms. The van der Waals surface area contributed by atoms with Crippen LogP contribution in [-0.4, -0.2) is 11.5 Å². The van der Waals surface area contributed by atoms with Crippen LogP contribution >= 0.6 is 10.0 Å². The van der Waals surface area contributed by atoms with E-state index in [1.165, 1.54) is 23.3 Å². The maximum absolute atomic E-state index is 2.50. The first-order valence-corrected chi connectivity index (χ1v) is 9.85. The van der Waals surface area contributed by atoms with Gasteiger partial charge in [0.15, 0.2) is 0 Å². The molecule has 0 spiro atoms.